The summed E-state index contributed by atoms with van der Waals surface area (Å²) in [7, 11) is 0. The second-order valence-electron chi connectivity index (χ2n) is 4.85. The van der Waals surface area contributed by atoms with Gasteiger partial charge in [-0.1, -0.05) is 30.3 Å². The van der Waals surface area contributed by atoms with Gasteiger partial charge in [0.25, 0.3) is 0 Å². The third kappa shape index (κ3) is 1.74. The lowest BCUT2D eigenvalue weighted by Crippen LogP contribution is -2.11. The molecule has 2 heteroatoms. The average Bonchev–Trinajstić information content (AvgIpc) is 2.39. The molecule has 0 amide bonds. The van der Waals surface area contributed by atoms with Crippen LogP contribution >= 0.6 is 0 Å². The van der Waals surface area contributed by atoms with Gasteiger partial charge in [0.1, 0.15) is 11.5 Å². The van der Waals surface area contributed by atoms with E-state index in [1.54, 1.807) is 18.2 Å². The van der Waals surface area contributed by atoms with Crippen LogP contribution in [0, 0.1) is 0 Å². The van der Waals surface area contributed by atoms with Gasteiger partial charge in [-0.25, -0.2) is 0 Å². The standard InChI is InChI=1S/C16H16O2/c17-14-9-4-10-15(18)16(14)13-8-3-6-11-5-1-2-7-12(11)13/h1-2,4-5,7,9-10,13,17-18H,3,6,8H2. The van der Waals surface area contributed by atoms with Crippen LogP contribution in [0.3, 0.4) is 0 Å². The Kier molecular flexibility index (Phi) is 2.71. The number of benzene rings is 2. The zero-order chi connectivity index (χ0) is 12.5. The number of hydrogen-bond acceptors (Lipinski definition) is 2. The molecule has 2 nitrogen and oxygen atoms in total. The number of fused-ring (bicyclic) bond motifs is 1. The van der Waals surface area contributed by atoms with Crippen molar-refractivity contribution in [2.45, 2.75) is 25.2 Å². The van der Waals surface area contributed by atoms with Crippen LogP contribution in [0.2, 0.25) is 0 Å². The highest BCUT2D eigenvalue weighted by molar-refractivity contribution is 5.51. The molecule has 0 saturated heterocycles. The first-order valence-corrected chi connectivity index (χ1v) is 6.36. The molecular weight excluding hydrogens is 224 g/mol. The minimum Gasteiger partial charge on any atom is -0.508 e. The van der Waals surface area contributed by atoms with E-state index < -0.39 is 0 Å². The molecule has 0 aliphatic heterocycles. The van der Waals surface area contributed by atoms with Crippen LogP contribution in [-0.2, 0) is 6.42 Å². The normalized spacial score (nSPS) is 18.3. The Hall–Kier alpha value is -1.96. The van der Waals surface area contributed by atoms with Gasteiger partial charge in [-0.3, -0.25) is 0 Å². The molecule has 1 aliphatic carbocycles. The number of phenols is 2. The molecule has 2 aromatic rings. The highest BCUT2D eigenvalue weighted by Gasteiger charge is 2.25. The smallest absolute Gasteiger partial charge is 0.123 e. The maximum Gasteiger partial charge on any atom is 0.123 e. The number of rotatable bonds is 1. The molecule has 1 atom stereocenters. The summed E-state index contributed by atoms with van der Waals surface area (Å²) in [5.41, 5.74) is 3.24. The van der Waals surface area contributed by atoms with E-state index in [4.69, 9.17) is 0 Å². The van der Waals surface area contributed by atoms with Gasteiger partial charge in [0, 0.05) is 11.5 Å². The molecule has 0 fully saturated rings. The zero-order valence-electron chi connectivity index (χ0n) is 10.1. The lowest BCUT2D eigenvalue weighted by atomic mass is 9.78. The van der Waals surface area contributed by atoms with Crippen molar-refractivity contribution in [3.8, 4) is 11.5 Å². The monoisotopic (exact) mass is 240 g/mol. The molecule has 92 valence electrons. The number of aromatic hydroxyl groups is 2. The summed E-state index contributed by atoms with van der Waals surface area (Å²) in [5, 5.41) is 20.0. The van der Waals surface area contributed by atoms with Crippen molar-refractivity contribution in [3.05, 3.63) is 59.2 Å². The van der Waals surface area contributed by atoms with Crippen LogP contribution < -0.4 is 0 Å². The number of hydrogen-bond donors (Lipinski definition) is 2. The van der Waals surface area contributed by atoms with E-state index in [9.17, 15) is 10.2 Å². The molecule has 0 heterocycles. The van der Waals surface area contributed by atoms with E-state index in [1.807, 2.05) is 12.1 Å². The van der Waals surface area contributed by atoms with Gasteiger partial charge in [-0.05, 0) is 42.5 Å². The summed E-state index contributed by atoms with van der Waals surface area (Å²) in [5.74, 6) is 0.490. The number of phenolic OH excluding ortho intramolecular Hbond substituents is 2. The Morgan fingerprint density at radius 3 is 2.39 bits per heavy atom. The second-order valence-corrected chi connectivity index (χ2v) is 4.85. The molecule has 0 bridgehead atoms. The third-order valence-electron chi connectivity index (χ3n) is 3.78. The van der Waals surface area contributed by atoms with Gasteiger partial charge in [0.05, 0.1) is 0 Å². The summed E-state index contributed by atoms with van der Waals surface area (Å²) < 4.78 is 0. The van der Waals surface area contributed by atoms with Gasteiger partial charge >= 0.3 is 0 Å². The summed E-state index contributed by atoms with van der Waals surface area (Å²) in [4.78, 5) is 0. The predicted octanol–water partition coefficient (Wildman–Crippen LogP) is 3.57. The second kappa shape index (κ2) is 4.37. The summed E-state index contributed by atoms with van der Waals surface area (Å²) in [6.45, 7) is 0. The Balaban J connectivity index is 2.14. The van der Waals surface area contributed by atoms with Crippen LogP contribution in [0.5, 0.6) is 11.5 Å². The molecule has 0 spiro atoms. The maximum atomic E-state index is 10.0. The minimum atomic E-state index is 0.108. The molecule has 0 aromatic heterocycles. The largest absolute Gasteiger partial charge is 0.508 e. The summed E-state index contributed by atoms with van der Waals surface area (Å²) in [6, 6.07) is 13.3. The van der Waals surface area contributed by atoms with Gasteiger partial charge < -0.3 is 10.2 Å². The highest BCUT2D eigenvalue weighted by atomic mass is 16.3. The molecular formula is C16H16O2. The average molecular weight is 240 g/mol. The quantitative estimate of drug-likeness (QED) is 0.800. The SMILES string of the molecule is Oc1cccc(O)c1C1CCCc2ccccc21. The molecule has 1 aliphatic rings. The van der Waals surface area contributed by atoms with Crippen LogP contribution in [0.25, 0.3) is 0 Å². The molecule has 1 unspecified atom stereocenters. The topological polar surface area (TPSA) is 40.5 Å². The van der Waals surface area contributed by atoms with Gasteiger partial charge in [-0.2, -0.15) is 0 Å². The minimum absolute atomic E-state index is 0.108. The lowest BCUT2D eigenvalue weighted by Gasteiger charge is -2.26. The molecule has 0 saturated carbocycles. The molecule has 0 radical (unpaired) electrons. The van der Waals surface area contributed by atoms with E-state index in [-0.39, 0.29) is 17.4 Å². The van der Waals surface area contributed by atoms with Crippen LogP contribution in [0.4, 0.5) is 0 Å². The van der Waals surface area contributed by atoms with Gasteiger partial charge in [0.15, 0.2) is 0 Å². The van der Waals surface area contributed by atoms with Crippen LogP contribution in [0.1, 0.15) is 35.4 Å². The Labute approximate surface area is 107 Å². The van der Waals surface area contributed by atoms with E-state index in [0.29, 0.717) is 5.56 Å². The predicted molar refractivity (Wildman–Crippen MR) is 71.0 cm³/mol. The number of aryl methyl sites for hydroxylation is 1. The van der Waals surface area contributed by atoms with Crippen LogP contribution in [0.15, 0.2) is 42.5 Å². The summed E-state index contributed by atoms with van der Waals surface area (Å²) >= 11 is 0. The Morgan fingerprint density at radius 2 is 1.61 bits per heavy atom. The fourth-order valence-corrected chi connectivity index (χ4v) is 2.95. The highest BCUT2D eigenvalue weighted by Crippen LogP contribution is 2.43. The fraction of sp³-hybridized carbons (Fsp3) is 0.250. The lowest BCUT2D eigenvalue weighted by molar-refractivity contribution is 0.427. The van der Waals surface area contributed by atoms with Crippen molar-refractivity contribution >= 4 is 0 Å². The Morgan fingerprint density at radius 1 is 0.889 bits per heavy atom. The van der Waals surface area contributed by atoms with Crippen molar-refractivity contribution in [2.24, 2.45) is 0 Å². The molecule has 2 aromatic carbocycles. The van der Waals surface area contributed by atoms with E-state index in [0.717, 1.165) is 19.3 Å². The van der Waals surface area contributed by atoms with E-state index in [2.05, 4.69) is 12.1 Å². The zero-order valence-corrected chi connectivity index (χ0v) is 10.1. The molecule has 3 rings (SSSR count). The van der Waals surface area contributed by atoms with Gasteiger partial charge in [0.2, 0.25) is 0 Å². The van der Waals surface area contributed by atoms with Crippen molar-refractivity contribution in [2.75, 3.05) is 0 Å². The van der Waals surface area contributed by atoms with Crippen molar-refractivity contribution in [3.63, 3.8) is 0 Å². The maximum absolute atomic E-state index is 10.0. The third-order valence-corrected chi connectivity index (χ3v) is 3.78. The van der Waals surface area contributed by atoms with Crippen molar-refractivity contribution < 1.29 is 10.2 Å². The van der Waals surface area contributed by atoms with E-state index >= 15 is 0 Å². The fourth-order valence-electron chi connectivity index (χ4n) is 2.95. The van der Waals surface area contributed by atoms with Crippen molar-refractivity contribution in [1.29, 1.82) is 0 Å². The van der Waals surface area contributed by atoms with Crippen molar-refractivity contribution in [1.82, 2.24) is 0 Å². The molecule has 18 heavy (non-hydrogen) atoms. The Bertz CT molecular complexity index is 555. The first-order valence-electron chi connectivity index (χ1n) is 6.36. The first kappa shape index (κ1) is 11.1. The first-order chi connectivity index (χ1) is 8.77. The van der Waals surface area contributed by atoms with Gasteiger partial charge in [-0.15, -0.1) is 0 Å². The van der Waals surface area contributed by atoms with E-state index in [1.165, 1.54) is 11.1 Å². The molecule has 2 N–H and O–H groups in total. The van der Waals surface area contributed by atoms with Crippen LogP contribution in [-0.4, -0.2) is 10.2 Å². The summed E-state index contributed by atoms with van der Waals surface area (Å²) in [6.07, 6.45) is 3.15.